The number of rotatable bonds is 0. The van der Waals surface area contributed by atoms with Crippen LogP contribution in [0.1, 0.15) is 37.4 Å². The van der Waals surface area contributed by atoms with Crippen LogP contribution < -0.4 is 5.32 Å². The van der Waals surface area contributed by atoms with Crippen molar-refractivity contribution in [2.75, 3.05) is 25.5 Å². The third-order valence-corrected chi connectivity index (χ3v) is 4.93. The Morgan fingerprint density at radius 3 is 2.76 bits per heavy atom. The lowest BCUT2D eigenvalue weighted by atomic mass is 9.97. The smallest absolute Gasteiger partial charge is 0.0422 e. The normalized spacial score (nSPS) is 34.4. The van der Waals surface area contributed by atoms with Crippen LogP contribution in [0.4, 0.5) is 5.69 Å². The number of likely N-dealkylation sites (N-methyl/N-ethyl adjacent to an activating group) is 1. The topological polar surface area (TPSA) is 15.3 Å². The molecule has 17 heavy (non-hydrogen) atoms. The first kappa shape index (κ1) is 9.95. The first-order chi connectivity index (χ1) is 8.16. The van der Waals surface area contributed by atoms with Gasteiger partial charge in [0, 0.05) is 31.7 Å². The average Bonchev–Trinajstić information content (AvgIpc) is 2.92. The summed E-state index contributed by atoms with van der Waals surface area (Å²) < 4.78 is 0. The SMILES string of the molecule is CN1CCc2cc3c(cc2CC1)C1CC1(C)N3.[HH]. The highest BCUT2D eigenvalue weighted by molar-refractivity contribution is 5.68. The summed E-state index contributed by atoms with van der Waals surface area (Å²) in [6, 6.07) is 4.93. The minimum atomic E-state index is 0. The Balaban J connectivity index is 0.000001000. The van der Waals surface area contributed by atoms with Crippen LogP contribution in [0.15, 0.2) is 12.1 Å². The molecule has 2 unspecified atom stereocenters. The van der Waals surface area contributed by atoms with Gasteiger partial charge in [0.2, 0.25) is 0 Å². The molecule has 92 valence electrons. The highest BCUT2D eigenvalue weighted by atomic mass is 15.1. The summed E-state index contributed by atoms with van der Waals surface area (Å²) >= 11 is 0. The van der Waals surface area contributed by atoms with Crippen LogP contribution in [0.25, 0.3) is 0 Å². The van der Waals surface area contributed by atoms with Gasteiger partial charge in [0.05, 0.1) is 0 Å². The van der Waals surface area contributed by atoms with Crippen LogP contribution in [-0.4, -0.2) is 30.6 Å². The van der Waals surface area contributed by atoms with Gasteiger partial charge in [-0.1, -0.05) is 6.07 Å². The van der Waals surface area contributed by atoms with Crippen molar-refractivity contribution in [3.05, 3.63) is 28.8 Å². The van der Waals surface area contributed by atoms with Gasteiger partial charge in [-0.15, -0.1) is 0 Å². The van der Waals surface area contributed by atoms with E-state index in [1.165, 1.54) is 38.0 Å². The van der Waals surface area contributed by atoms with Gasteiger partial charge in [-0.3, -0.25) is 0 Å². The van der Waals surface area contributed by atoms with Gasteiger partial charge >= 0.3 is 0 Å². The first-order valence-electron chi connectivity index (χ1n) is 6.78. The van der Waals surface area contributed by atoms with E-state index in [9.17, 15) is 0 Å². The predicted octanol–water partition coefficient (Wildman–Crippen LogP) is 2.63. The summed E-state index contributed by atoms with van der Waals surface area (Å²) in [6.45, 7) is 4.77. The second-order valence-corrected chi connectivity index (χ2v) is 6.31. The molecule has 2 aliphatic heterocycles. The lowest BCUT2D eigenvalue weighted by Crippen LogP contribution is -2.20. The van der Waals surface area contributed by atoms with Crippen LogP contribution in [0.2, 0.25) is 0 Å². The fourth-order valence-electron chi connectivity index (χ4n) is 3.57. The van der Waals surface area contributed by atoms with Gasteiger partial charge in [-0.05, 0) is 56.0 Å². The van der Waals surface area contributed by atoms with Crippen molar-refractivity contribution in [2.24, 2.45) is 0 Å². The van der Waals surface area contributed by atoms with Gasteiger partial charge in [-0.2, -0.15) is 0 Å². The van der Waals surface area contributed by atoms with E-state index >= 15 is 0 Å². The third-order valence-electron chi connectivity index (χ3n) is 4.93. The zero-order valence-electron chi connectivity index (χ0n) is 10.7. The number of benzene rings is 1. The molecular weight excluding hydrogens is 208 g/mol. The molecule has 1 aromatic rings. The number of anilines is 1. The van der Waals surface area contributed by atoms with E-state index in [-0.39, 0.29) is 1.43 Å². The molecule has 2 nitrogen and oxygen atoms in total. The Kier molecular flexibility index (Phi) is 1.79. The standard InChI is InChI=1S/C15H20N2.H2/c1-15-9-13(15)12-7-10-3-5-17(2)6-4-11(10)8-14(12)16-15;/h7-8,13,16H,3-6,9H2,1-2H3;1H. The second kappa shape index (κ2) is 3.05. The van der Waals surface area contributed by atoms with Crippen molar-refractivity contribution >= 4 is 5.69 Å². The van der Waals surface area contributed by atoms with Crippen LogP contribution in [0.3, 0.4) is 0 Å². The molecule has 2 heteroatoms. The lowest BCUT2D eigenvalue weighted by molar-refractivity contribution is 0.352. The van der Waals surface area contributed by atoms with E-state index in [1.54, 1.807) is 16.7 Å². The van der Waals surface area contributed by atoms with Gasteiger partial charge < -0.3 is 10.2 Å². The summed E-state index contributed by atoms with van der Waals surface area (Å²) in [6.07, 6.45) is 3.77. The van der Waals surface area contributed by atoms with Gasteiger partial charge in [0.15, 0.2) is 0 Å². The summed E-state index contributed by atoms with van der Waals surface area (Å²) in [5.74, 6) is 0.795. The van der Waals surface area contributed by atoms with Gasteiger partial charge in [0.1, 0.15) is 0 Å². The fourth-order valence-corrected chi connectivity index (χ4v) is 3.57. The Hall–Kier alpha value is -1.02. The maximum Gasteiger partial charge on any atom is 0.0422 e. The van der Waals surface area contributed by atoms with Crippen LogP contribution in [-0.2, 0) is 12.8 Å². The first-order valence-corrected chi connectivity index (χ1v) is 6.78. The quantitative estimate of drug-likeness (QED) is 0.737. The van der Waals surface area contributed by atoms with E-state index in [2.05, 4.69) is 36.3 Å². The molecule has 1 fully saturated rings. The maximum absolute atomic E-state index is 3.72. The fraction of sp³-hybridized carbons (Fsp3) is 0.600. The van der Waals surface area contributed by atoms with Crippen molar-refractivity contribution in [3.8, 4) is 0 Å². The average molecular weight is 230 g/mol. The number of nitrogens with zero attached hydrogens (tertiary/aromatic N) is 1. The van der Waals surface area contributed by atoms with Crippen molar-refractivity contribution in [3.63, 3.8) is 0 Å². The molecular formula is C15H22N2. The summed E-state index contributed by atoms with van der Waals surface area (Å²) in [7, 11) is 2.23. The van der Waals surface area contributed by atoms with E-state index in [0.717, 1.165) is 5.92 Å². The molecule has 4 rings (SSSR count). The molecule has 0 amide bonds. The van der Waals surface area contributed by atoms with E-state index in [1.807, 2.05) is 0 Å². The van der Waals surface area contributed by atoms with Crippen LogP contribution in [0, 0.1) is 0 Å². The zero-order chi connectivity index (χ0) is 11.6. The maximum atomic E-state index is 3.72. The van der Waals surface area contributed by atoms with E-state index in [0.29, 0.717) is 5.54 Å². The Morgan fingerprint density at radius 2 is 2.00 bits per heavy atom. The molecule has 0 saturated heterocycles. The van der Waals surface area contributed by atoms with Crippen molar-refractivity contribution in [1.29, 1.82) is 0 Å². The Bertz CT molecular complexity index is 500. The molecule has 1 aromatic carbocycles. The highest BCUT2D eigenvalue weighted by Crippen LogP contribution is 2.60. The Labute approximate surface area is 104 Å². The molecule has 1 N–H and O–H groups in total. The molecule has 0 aromatic heterocycles. The molecule has 0 radical (unpaired) electrons. The van der Waals surface area contributed by atoms with E-state index < -0.39 is 0 Å². The predicted molar refractivity (Wildman–Crippen MR) is 72.8 cm³/mol. The van der Waals surface area contributed by atoms with Gasteiger partial charge in [0.25, 0.3) is 0 Å². The number of hydrogen-bond donors (Lipinski definition) is 1. The van der Waals surface area contributed by atoms with Gasteiger partial charge in [-0.25, -0.2) is 0 Å². The highest BCUT2D eigenvalue weighted by Gasteiger charge is 2.56. The molecule has 2 atom stereocenters. The lowest BCUT2D eigenvalue weighted by Gasteiger charge is -2.12. The summed E-state index contributed by atoms with van der Waals surface area (Å²) in [5.41, 5.74) is 6.60. The van der Waals surface area contributed by atoms with Crippen molar-refractivity contribution < 1.29 is 1.43 Å². The monoisotopic (exact) mass is 230 g/mol. The van der Waals surface area contributed by atoms with Crippen molar-refractivity contribution in [1.82, 2.24) is 4.90 Å². The molecule has 1 saturated carbocycles. The number of fused-ring (bicyclic) bond motifs is 4. The third kappa shape index (κ3) is 1.37. The zero-order valence-corrected chi connectivity index (χ0v) is 10.7. The number of hydrogen-bond acceptors (Lipinski definition) is 2. The molecule has 1 aliphatic carbocycles. The Morgan fingerprint density at radius 1 is 1.29 bits per heavy atom. The van der Waals surface area contributed by atoms with Crippen molar-refractivity contribution in [2.45, 2.75) is 37.6 Å². The van der Waals surface area contributed by atoms with Crippen LogP contribution >= 0.6 is 0 Å². The minimum absolute atomic E-state index is 0. The minimum Gasteiger partial charge on any atom is -0.379 e. The second-order valence-electron chi connectivity index (χ2n) is 6.31. The largest absolute Gasteiger partial charge is 0.379 e. The summed E-state index contributed by atoms with van der Waals surface area (Å²) in [4.78, 5) is 2.44. The molecule has 0 spiro atoms. The molecule has 2 heterocycles. The van der Waals surface area contributed by atoms with Crippen LogP contribution in [0.5, 0.6) is 0 Å². The molecule has 3 aliphatic rings. The summed E-state index contributed by atoms with van der Waals surface area (Å²) in [5, 5.41) is 3.72. The van der Waals surface area contributed by atoms with E-state index in [4.69, 9.17) is 0 Å². The number of nitrogens with one attached hydrogen (secondary N) is 1. The molecule has 0 bridgehead atoms.